The fourth-order valence-corrected chi connectivity index (χ4v) is 2.94. The summed E-state index contributed by atoms with van der Waals surface area (Å²) in [6, 6.07) is 18.7. The number of anilines is 1. The van der Waals surface area contributed by atoms with Crippen LogP contribution in [0.5, 0.6) is 11.5 Å². The van der Waals surface area contributed by atoms with Gasteiger partial charge in [-0.2, -0.15) is 5.26 Å². The van der Waals surface area contributed by atoms with Crippen molar-refractivity contribution in [2.75, 3.05) is 12.4 Å². The highest BCUT2D eigenvalue weighted by Gasteiger charge is 2.16. The number of nitrogens with one attached hydrogen (secondary N) is 1. The summed E-state index contributed by atoms with van der Waals surface area (Å²) in [6.07, 6.45) is 1.31. The zero-order valence-corrected chi connectivity index (χ0v) is 18.3. The van der Waals surface area contributed by atoms with Crippen LogP contribution in [0.15, 0.2) is 72.3 Å². The predicted octanol–water partition coefficient (Wildman–Crippen LogP) is 4.68. The lowest BCUT2D eigenvalue weighted by Crippen LogP contribution is -2.14. The molecule has 0 heterocycles. The number of esters is 1. The average Bonchev–Trinajstić information content (AvgIpc) is 2.83. The quantitative estimate of drug-likeness (QED) is 0.136. The first-order chi connectivity index (χ1) is 16.3. The van der Waals surface area contributed by atoms with Crippen LogP contribution in [0.4, 0.5) is 11.4 Å². The maximum atomic E-state index is 12.7. The van der Waals surface area contributed by atoms with Gasteiger partial charge in [0.2, 0.25) is 0 Å². The molecular formula is C25H19N3O6. The maximum absolute atomic E-state index is 12.7. The summed E-state index contributed by atoms with van der Waals surface area (Å²) in [5, 5.41) is 23.0. The standard InChI is InChI=1S/C25H19N3O6/c1-16-6-8-18(9-7-16)25(30)34-21-5-3-4-17(13-21)12-19(15-26)24(29)27-22-14-20(28(31)32)10-11-23(22)33-2/h3-14H,1-2H3,(H,27,29)/b19-12+. The average molecular weight is 457 g/mol. The fraction of sp³-hybridized carbons (Fsp3) is 0.0800. The van der Waals surface area contributed by atoms with Crippen LogP contribution in [-0.4, -0.2) is 23.9 Å². The van der Waals surface area contributed by atoms with Gasteiger partial charge < -0.3 is 14.8 Å². The van der Waals surface area contributed by atoms with Crippen molar-refractivity contribution in [3.05, 3.63) is 99.1 Å². The first-order valence-electron chi connectivity index (χ1n) is 9.95. The van der Waals surface area contributed by atoms with E-state index < -0.39 is 16.8 Å². The number of nitro groups is 1. The number of nitro benzene ring substituents is 1. The van der Waals surface area contributed by atoms with E-state index >= 15 is 0 Å². The molecule has 0 spiro atoms. The Morgan fingerprint density at radius 1 is 1.09 bits per heavy atom. The number of hydrogen-bond acceptors (Lipinski definition) is 7. The molecular weight excluding hydrogens is 438 g/mol. The van der Waals surface area contributed by atoms with E-state index in [-0.39, 0.29) is 28.4 Å². The van der Waals surface area contributed by atoms with E-state index in [0.29, 0.717) is 11.1 Å². The minimum atomic E-state index is -0.789. The third-order valence-electron chi connectivity index (χ3n) is 4.67. The van der Waals surface area contributed by atoms with Crippen molar-refractivity contribution in [3.8, 4) is 17.6 Å². The van der Waals surface area contributed by atoms with Crippen molar-refractivity contribution in [2.24, 2.45) is 0 Å². The van der Waals surface area contributed by atoms with E-state index in [1.165, 1.54) is 31.4 Å². The summed E-state index contributed by atoms with van der Waals surface area (Å²) < 4.78 is 10.5. The zero-order valence-electron chi connectivity index (χ0n) is 18.3. The molecule has 0 unspecified atom stereocenters. The van der Waals surface area contributed by atoms with E-state index in [1.54, 1.807) is 48.5 Å². The van der Waals surface area contributed by atoms with Crippen LogP contribution in [0.2, 0.25) is 0 Å². The largest absolute Gasteiger partial charge is 0.495 e. The molecule has 0 atom stereocenters. The number of ether oxygens (including phenoxy) is 2. The Balaban J connectivity index is 1.80. The highest BCUT2D eigenvalue weighted by molar-refractivity contribution is 6.10. The number of benzene rings is 3. The van der Waals surface area contributed by atoms with Crippen molar-refractivity contribution in [2.45, 2.75) is 6.92 Å². The molecule has 0 aliphatic heterocycles. The van der Waals surface area contributed by atoms with E-state index in [1.807, 2.05) is 6.92 Å². The minimum absolute atomic E-state index is 0.0450. The van der Waals surface area contributed by atoms with Crippen LogP contribution in [-0.2, 0) is 4.79 Å². The summed E-state index contributed by atoms with van der Waals surface area (Å²) in [7, 11) is 1.35. The second-order valence-corrected chi connectivity index (χ2v) is 7.09. The highest BCUT2D eigenvalue weighted by atomic mass is 16.6. The lowest BCUT2D eigenvalue weighted by Gasteiger charge is -2.09. The van der Waals surface area contributed by atoms with Gasteiger partial charge in [0.05, 0.1) is 23.3 Å². The van der Waals surface area contributed by atoms with Gasteiger partial charge in [-0.05, 0) is 48.9 Å². The minimum Gasteiger partial charge on any atom is -0.495 e. The molecule has 3 aromatic rings. The molecule has 0 saturated carbocycles. The number of hydrogen-bond donors (Lipinski definition) is 1. The number of nitriles is 1. The SMILES string of the molecule is COc1ccc([N+](=O)[O-])cc1NC(=O)/C(C#N)=C/c1cccc(OC(=O)c2ccc(C)cc2)c1. The highest BCUT2D eigenvalue weighted by Crippen LogP contribution is 2.29. The van der Waals surface area contributed by atoms with Gasteiger partial charge in [0.1, 0.15) is 23.1 Å². The molecule has 0 radical (unpaired) electrons. The summed E-state index contributed by atoms with van der Waals surface area (Å²) in [5.41, 5.74) is 1.36. The van der Waals surface area contributed by atoms with Gasteiger partial charge in [-0.15, -0.1) is 0 Å². The number of carbonyl (C=O) groups is 2. The van der Waals surface area contributed by atoms with Gasteiger partial charge in [0.25, 0.3) is 11.6 Å². The van der Waals surface area contributed by atoms with E-state index in [9.17, 15) is 25.0 Å². The number of non-ortho nitro benzene ring substituents is 1. The van der Waals surface area contributed by atoms with Crippen LogP contribution in [0, 0.1) is 28.4 Å². The van der Waals surface area contributed by atoms with Crippen LogP contribution in [0.25, 0.3) is 6.08 Å². The monoisotopic (exact) mass is 457 g/mol. The van der Waals surface area contributed by atoms with E-state index in [0.717, 1.165) is 11.6 Å². The third-order valence-corrected chi connectivity index (χ3v) is 4.67. The smallest absolute Gasteiger partial charge is 0.343 e. The Morgan fingerprint density at radius 2 is 1.82 bits per heavy atom. The molecule has 0 aliphatic rings. The number of carbonyl (C=O) groups excluding carboxylic acids is 2. The Hall–Kier alpha value is -4.97. The predicted molar refractivity (Wildman–Crippen MR) is 124 cm³/mol. The van der Waals surface area contributed by atoms with Gasteiger partial charge in [-0.25, -0.2) is 4.79 Å². The Morgan fingerprint density at radius 3 is 2.47 bits per heavy atom. The summed E-state index contributed by atoms with van der Waals surface area (Å²) in [5.74, 6) is -0.904. The molecule has 0 fully saturated rings. The number of amides is 1. The van der Waals surface area contributed by atoms with Crippen molar-refractivity contribution in [3.63, 3.8) is 0 Å². The first kappa shape index (κ1) is 23.7. The Bertz CT molecular complexity index is 1320. The van der Waals surface area contributed by atoms with E-state index in [2.05, 4.69) is 5.32 Å². The van der Waals surface area contributed by atoms with Crippen molar-refractivity contribution in [1.82, 2.24) is 0 Å². The van der Waals surface area contributed by atoms with Crippen molar-refractivity contribution < 1.29 is 24.0 Å². The molecule has 9 nitrogen and oxygen atoms in total. The molecule has 0 saturated heterocycles. The second-order valence-electron chi connectivity index (χ2n) is 7.09. The van der Waals surface area contributed by atoms with Crippen LogP contribution >= 0.6 is 0 Å². The fourth-order valence-electron chi connectivity index (χ4n) is 2.94. The van der Waals surface area contributed by atoms with Crippen molar-refractivity contribution >= 4 is 29.3 Å². The lowest BCUT2D eigenvalue weighted by atomic mass is 10.1. The number of nitrogens with zero attached hydrogens (tertiary/aromatic N) is 2. The molecule has 3 aromatic carbocycles. The second kappa shape index (κ2) is 10.6. The topological polar surface area (TPSA) is 132 Å². The molecule has 1 N–H and O–H groups in total. The summed E-state index contributed by atoms with van der Waals surface area (Å²) >= 11 is 0. The Kier molecular flexibility index (Phi) is 7.36. The first-order valence-corrected chi connectivity index (χ1v) is 9.95. The number of aryl methyl sites for hydroxylation is 1. The molecule has 3 rings (SSSR count). The molecule has 0 bridgehead atoms. The third kappa shape index (κ3) is 5.83. The van der Waals surface area contributed by atoms with Gasteiger partial charge in [-0.3, -0.25) is 14.9 Å². The molecule has 0 aromatic heterocycles. The maximum Gasteiger partial charge on any atom is 0.343 e. The van der Waals surface area contributed by atoms with Crippen LogP contribution in [0.3, 0.4) is 0 Å². The summed E-state index contributed by atoms with van der Waals surface area (Å²) in [6.45, 7) is 1.91. The number of methoxy groups -OCH3 is 1. The summed E-state index contributed by atoms with van der Waals surface area (Å²) in [4.78, 5) is 35.4. The van der Waals surface area contributed by atoms with Crippen LogP contribution in [0.1, 0.15) is 21.5 Å². The van der Waals surface area contributed by atoms with Gasteiger partial charge >= 0.3 is 5.97 Å². The van der Waals surface area contributed by atoms with Gasteiger partial charge in [0.15, 0.2) is 0 Å². The number of rotatable bonds is 7. The molecule has 170 valence electrons. The van der Waals surface area contributed by atoms with Gasteiger partial charge in [-0.1, -0.05) is 29.8 Å². The lowest BCUT2D eigenvalue weighted by molar-refractivity contribution is -0.384. The molecule has 9 heteroatoms. The molecule has 34 heavy (non-hydrogen) atoms. The zero-order chi connectivity index (χ0) is 24.7. The van der Waals surface area contributed by atoms with Crippen molar-refractivity contribution in [1.29, 1.82) is 5.26 Å². The van der Waals surface area contributed by atoms with E-state index in [4.69, 9.17) is 9.47 Å². The molecule has 0 aliphatic carbocycles. The van der Waals surface area contributed by atoms with Crippen LogP contribution < -0.4 is 14.8 Å². The molecule has 1 amide bonds. The Labute approximate surface area is 195 Å². The van der Waals surface area contributed by atoms with Gasteiger partial charge in [0, 0.05) is 12.1 Å². The normalized spacial score (nSPS) is 10.7.